The average Bonchev–Trinajstić information content (AvgIpc) is 2.47. The first-order valence-corrected chi connectivity index (χ1v) is 6.27. The number of hydrogen-bond acceptors (Lipinski definition) is 6. The van der Waals surface area contributed by atoms with Gasteiger partial charge in [0.05, 0.1) is 11.6 Å². The van der Waals surface area contributed by atoms with E-state index < -0.39 is 0 Å². The van der Waals surface area contributed by atoms with Crippen LogP contribution in [0.15, 0.2) is 36.7 Å². The van der Waals surface area contributed by atoms with Gasteiger partial charge in [-0.2, -0.15) is 5.26 Å². The molecule has 4 N–H and O–H groups in total. The molecule has 0 saturated carbocycles. The molecule has 0 amide bonds. The number of nitriles is 1. The summed E-state index contributed by atoms with van der Waals surface area (Å²) in [7, 11) is 0. The third kappa shape index (κ3) is 3.67. The molecule has 1 atom stereocenters. The summed E-state index contributed by atoms with van der Waals surface area (Å²) >= 11 is 0. The number of anilines is 3. The van der Waals surface area contributed by atoms with E-state index in [0.717, 1.165) is 5.69 Å². The van der Waals surface area contributed by atoms with Gasteiger partial charge in [-0.25, -0.2) is 9.97 Å². The zero-order valence-electron chi connectivity index (χ0n) is 11.2. The van der Waals surface area contributed by atoms with Gasteiger partial charge in [0.2, 0.25) is 0 Å². The molecule has 20 heavy (non-hydrogen) atoms. The first-order chi connectivity index (χ1) is 9.71. The minimum absolute atomic E-state index is 0.139. The number of benzene rings is 1. The number of nitrogens with one attached hydrogen (secondary N) is 2. The van der Waals surface area contributed by atoms with Crippen molar-refractivity contribution in [2.75, 3.05) is 17.2 Å². The van der Waals surface area contributed by atoms with Gasteiger partial charge in [-0.1, -0.05) is 6.07 Å². The van der Waals surface area contributed by atoms with Crippen LogP contribution >= 0.6 is 0 Å². The van der Waals surface area contributed by atoms with Gasteiger partial charge >= 0.3 is 0 Å². The van der Waals surface area contributed by atoms with Crippen LogP contribution in [0.2, 0.25) is 0 Å². The third-order valence-corrected chi connectivity index (χ3v) is 2.68. The number of hydrogen-bond donors (Lipinski definition) is 3. The summed E-state index contributed by atoms with van der Waals surface area (Å²) in [6, 6.07) is 11.2. The molecular formula is C14H16N6. The Bertz CT molecular complexity index is 619. The monoisotopic (exact) mass is 268 g/mol. The van der Waals surface area contributed by atoms with Crippen LogP contribution in [0.4, 0.5) is 17.3 Å². The van der Waals surface area contributed by atoms with E-state index in [1.54, 1.807) is 18.2 Å². The zero-order valence-corrected chi connectivity index (χ0v) is 11.2. The van der Waals surface area contributed by atoms with Crippen molar-refractivity contribution in [2.45, 2.75) is 13.0 Å². The minimum Gasteiger partial charge on any atom is -0.366 e. The minimum atomic E-state index is 0.139. The van der Waals surface area contributed by atoms with Crippen LogP contribution in [0.5, 0.6) is 0 Å². The van der Waals surface area contributed by atoms with Crippen molar-refractivity contribution >= 4 is 17.3 Å². The van der Waals surface area contributed by atoms with Crippen LogP contribution in [0.25, 0.3) is 0 Å². The SMILES string of the molecule is CC(CN)Nc1cc(Nc2cccc(C#N)c2)ncn1. The fourth-order valence-corrected chi connectivity index (χ4v) is 1.63. The zero-order chi connectivity index (χ0) is 14.4. The lowest BCUT2D eigenvalue weighted by atomic mass is 10.2. The highest BCUT2D eigenvalue weighted by Crippen LogP contribution is 2.17. The van der Waals surface area contributed by atoms with Crippen molar-refractivity contribution in [3.8, 4) is 6.07 Å². The van der Waals surface area contributed by atoms with Gasteiger partial charge in [-0.3, -0.25) is 0 Å². The number of aromatic nitrogens is 2. The molecule has 2 rings (SSSR count). The molecule has 0 aliphatic heterocycles. The van der Waals surface area contributed by atoms with Crippen LogP contribution in [0.1, 0.15) is 12.5 Å². The fourth-order valence-electron chi connectivity index (χ4n) is 1.63. The Morgan fingerprint density at radius 1 is 1.30 bits per heavy atom. The molecule has 0 aliphatic rings. The molecule has 0 aliphatic carbocycles. The quantitative estimate of drug-likeness (QED) is 0.765. The van der Waals surface area contributed by atoms with E-state index in [-0.39, 0.29) is 6.04 Å². The van der Waals surface area contributed by atoms with Gasteiger partial charge in [0.1, 0.15) is 18.0 Å². The summed E-state index contributed by atoms with van der Waals surface area (Å²) in [6.45, 7) is 2.50. The van der Waals surface area contributed by atoms with Crippen molar-refractivity contribution in [1.82, 2.24) is 9.97 Å². The maximum absolute atomic E-state index is 8.87. The average molecular weight is 268 g/mol. The molecule has 1 heterocycles. The highest BCUT2D eigenvalue weighted by molar-refractivity contribution is 5.60. The number of rotatable bonds is 5. The van der Waals surface area contributed by atoms with Crippen molar-refractivity contribution in [2.24, 2.45) is 5.73 Å². The molecule has 2 aromatic rings. The number of nitrogens with zero attached hydrogens (tertiary/aromatic N) is 3. The van der Waals surface area contributed by atoms with Crippen LogP contribution in [-0.4, -0.2) is 22.6 Å². The summed E-state index contributed by atoms with van der Waals surface area (Å²) in [5.41, 5.74) is 6.96. The molecule has 0 fully saturated rings. The molecule has 1 unspecified atom stereocenters. The van der Waals surface area contributed by atoms with E-state index in [0.29, 0.717) is 23.7 Å². The largest absolute Gasteiger partial charge is 0.366 e. The first-order valence-electron chi connectivity index (χ1n) is 6.27. The van der Waals surface area contributed by atoms with Gasteiger partial charge in [-0.15, -0.1) is 0 Å². The molecule has 1 aromatic carbocycles. The molecular weight excluding hydrogens is 252 g/mol. The molecule has 6 nitrogen and oxygen atoms in total. The van der Waals surface area contributed by atoms with Gasteiger partial charge in [0.15, 0.2) is 0 Å². The molecule has 0 bridgehead atoms. The summed E-state index contributed by atoms with van der Waals surface area (Å²) in [6.07, 6.45) is 1.47. The maximum atomic E-state index is 8.87. The van der Waals surface area contributed by atoms with Crippen molar-refractivity contribution in [1.29, 1.82) is 5.26 Å². The van der Waals surface area contributed by atoms with Gasteiger partial charge in [-0.05, 0) is 25.1 Å². The topological polar surface area (TPSA) is 99.7 Å². The second-order valence-electron chi connectivity index (χ2n) is 4.39. The molecule has 102 valence electrons. The highest BCUT2D eigenvalue weighted by atomic mass is 15.1. The Balaban J connectivity index is 2.13. The molecule has 0 spiro atoms. The molecule has 1 aromatic heterocycles. The summed E-state index contributed by atoms with van der Waals surface area (Å²) in [5.74, 6) is 1.36. The predicted molar refractivity (Wildman–Crippen MR) is 78.6 cm³/mol. The number of nitrogens with two attached hydrogens (primary N) is 1. The lowest BCUT2D eigenvalue weighted by Gasteiger charge is -2.12. The van der Waals surface area contributed by atoms with E-state index in [2.05, 4.69) is 26.7 Å². The maximum Gasteiger partial charge on any atom is 0.135 e. The summed E-state index contributed by atoms with van der Waals surface area (Å²) in [4.78, 5) is 8.28. The van der Waals surface area contributed by atoms with Crippen LogP contribution in [-0.2, 0) is 0 Å². The smallest absolute Gasteiger partial charge is 0.135 e. The first kappa shape index (κ1) is 13.8. The normalized spacial score (nSPS) is 11.4. The second kappa shape index (κ2) is 6.50. The third-order valence-electron chi connectivity index (χ3n) is 2.68. The molecule has 0 saturated heterocycles. The summed E-state index contributed by atoms with van der Waals surface area (Å²) < 4.78 is 0. The van der Waals surface area contributed by atoms with E-state index in [1.807, 2.05) is 19.1 Å². The van der Waals surface area contributed by atoms with Crippen LogP contribution < -0.4 is 16.4 Å². The standard InChI is InChI=1S/C14H16N6/c1-10(7-15)19-13-6-14(18-9-17-13)20-12-4-2-3-11(5-12)8-16/h2-6,9-10H,7,15H2,1H3,(H2,17,18,19,20). The van der Waals surface area contributed by atoms with Crippen LogP contribution in [0, 0.1) is 11.3 Å². The Morgan fingerprint density at radius 3 is 2.85 bits per heavy atom. The van der Waals surface area contributed by atoms with Crippen molar-refractivity contribution in [3.05, 3.63) is 42.2 Å². The van der Waals surface area contributed by atoms with Gasteiger partial charge in [0, 0.05) is 24.3 Å². The van der Waals surface area contributed by atoms with Gasteiger partial charge in [0.25, 0.3) is 0 Å². The molecule has 6 heteroatoms. The van der Waals surface area contributed by atoms with Crippen LogP contribution in [0.3, 0.4) is 0 Å². The van der Waals surface area contributed by atoms with E-state index in [1.165, 1.54) is 6.33 Å². The van der Waals surface area contributed by atoms with E-state index >= 15 is 0 Å². The molecule has 0 radical (unpaired) electrons. The van der Waals surface area contributed by atoms with E-state index in [4.69, 9.17) is 11.0 Å². The predicted octanol–water partition coefficient (Wildman–Crippen LogP) is 1.85. The Morgan fingerprint density at radius 2 is 2.10 bits per heavy atom. The van der Waals surface area contributed by atoms with Crippen molar-refractivity contribution in [3.63, 3.8) is 0 Å². The Labute approximate surface area is 117 Å². The lowest BCUT2D eigenvalue weighted by molar-refractivity contribution is 0.797. The highest BCUT2D eigenvalue weighted by Gasteiger charge is 2.03. The lowest BCUT2D eigenvalue weighted by Crippen LogP contribution is -2.25. The van der Waals surface area contributed by atoms with Gasteiger partial charge < -0.3 is 16.4 Å². The summed E-state index contributed by atoms with van der Waals surface area (Å²) in [5, 5.41) is 15.2. The fraction of sp³-hybridized carbons (Fsp3) is 0.214. The second-order valence-corrected chi connectivity index (χ2v) is 4.39. The Kier molecular flexibility index (Phi) is 4.47. The van der Waals surface area contributed by atoms with E-state index in [9.17, 15) is 0 Å². The van der Waals surface area contributed by atoms with Crippen molar-refractivity contribution < 1.29 is 0 Å². The Hall–Kier alpha value is -2.65.